The van der Waals surface area contributed by atoms with Crippen molar-refractivity contribution >= 4 is 17.5 Å². The fraction of sp³-hybridized carbons (Fsp3) is 0.250. The largest absolute Gasteiger partial charge is 0.342 e. The Morgan fingerprint density at radius 2 is 2.10 bits per heavy atom. The number of hydrogen-bond acceptors (Lipinski definition) is 2. The molecule has 1 heterocycles. The Labute approximate surface area is 123 Å². The van der Waals surface area contributed by atoms with Crippen LogP contribution in [-0.2, 0) is 6.42 Å². The van der Waals surface area contributed by atoms with E-state index in [2.05, 4.69) is 16.4 Å². The maximum Gasteiger partial charge on any atom is 0.270 e. The predicted molar refractivity (Wildman–Crippen MR) is 79.0 cm³/mol. The molecule has 2 atom stereocenters. The number of rotatable bonds is 2. The molecule has 0 aliphatic heterocycles. The smallest absolute Gasteiger partial charge is 0.270 e. The van der Waals surface area contributed by atoms with Gasteiger partial charge in [0.05, 0.1) is 11.4 Å². The Balaban J connectivity index is 1.85. The molecule has 0 radical (unpaired) electrons. The molecule has 2 unspecified atom stereocenters. The van der Waals surface area contributed by atoms with Gasteiger partial charge >= 0.3 is 0 Å². The van der Waals surface area contributed by atoms with Gasteiger partial charge in [0.15, 0.2) is 0 Å². The average Bonchev–Trinajstić information content (AvgIpc) is 2.76. The number of benzene rings is 1. The Kier molecular flexibility index (Phi) is 3.45. The van der Waals surface area contributed by atoms with Crippen molar-refractivity contribution in [1.82, 2.24) is 10.3 Å². The second kappa shape index (κ2) is 5.25. The molecule has 1 amide bonds. The van der Waals surface area contributed by atoms with Gasteiger partial charge in [0.25, 0.3) is 5.91 Å². The highest BCUT2D eigenvalue weighted by Gasteiger charge is 2.32. The van der Waals surface area contributed by atoms with Crippen LogP contribution in [0.1, 0.15) is 33.2 Å². The van der Waals surface area contributed by atoms with Crippen LogP contribution < -0.4 is 5.32 Å². The van der Waals surface area contributed by atoms with Crippen LogP contribution in [0, 0.1) is 6.92 Å². The fourth-order valence-corrected chi connectivity index (χ4v) is 3.01. The summed E-state index contributed by atoms with van der Waals surface area (Å²) in [5.74, 6) is -0.171. The molecule has 0 saturated carbocycles. The van der Waals surface area contributed by atoms with Crippen LogP contribution >= 0.6 is 11.6 Å². The van der Waals surface area contributed by atoms with Crippen molar-refractivity contribution in [1.29, 1.82) is 0 Å². The molecule has 3 rings (SSSR count). The van der Waals surface area contributed by atoms with Crippen molar-refractivity contribution in [3.05, 3.63) is 65.0 Å². The maximum atomic E-state index is 12.3. The second-order valence-corrected chi connectivity index (χ2v) is 5.60. The third kappa shape index (κ3) is 2.29. The summed E-state index contributed by atoms with van der Waals surface area (Å²) in [5.41, 5.74) is 3.63. The van der Waals surface area contributed by atoms with Gasteiger partial charge in [-0.25, -0.2) is 0 Å². The first kappa shape index (κ1) is 13.1. The number of amides is 1. The first-order valence-corrected chi connectivity index (χ1v) is 7.05. The third-order valence-electron chi connectivity index (χ3n) is 3.68. The number of carbonyl (C=O) groups is 1. The number of alkyl halides is 1. The molecular weight excluding hydrogens is 272 g/mol. The van der Waals surface area contributed by atoms with E-state index in [0.29, 0.717) is 5.69 Å². The summed E-state index contributed by atoms with van der Waals surface area (Å²) in [6.07, 6.45) is 2.41. The van der Waals surface area contributed by atoms with Crippen LogP contribution in [0.5, 0.6) is 0 Å². The number of aromatic nitrogens is 1. The molecule has 1 aliphatic rings. The number of nitrogens with zero attached hydrogens (tertiary/aromatic N) is 1. The van der Waals surface area contributed by atoms with Gasteiger partial charge < -0.3 is 5.32 Å². The van der Waals surface area contributed by atoms with Crippen LogP contribution in [0.3, 0.4) is 0 Å². The quantitative estimate of drug-likeness (QED) is 0.862. The molecule has 0 saturated heterocycles. The summed E-state index contributed by atoms with van der Waals surface area (Å²) in [7, 11) is 0. The molecule has 0 bridgehead atoms. The topological polar surface area (TPSA) is 42.0 Å². The van der Waals surface area contributed by atoms with Crippen LogP contribution in [-0.4, -0.2) is 16.3 Å². The van der Waals surface area contributed by atoms with Gasteiger partial charge in [0.1, 0.15) is 5.69 Å². The Bertz CT molecular complexity index is 656. The standard InChI is InChI=1S/C16H15ClN2O/c1-10-5-4-8-18-14(10)16(20)19-15-12-7-3-2-6-11(12)9-13(15)17/h2-8,13,15H,9H2,1H3,(H,19,20). The molecule has 102 valence electrons. The Hall–Kier alpha value is -1.87. The summed E-state index contributed by atoms with van der Waals surface area (Å²) >= 11 is 6.38. The minimum atomic E-state index is -0.171. The van der Waals surface area contributed by atoms with Crippen molar-refractivity contribution in [3.63, 3.8) is 0 Å². The van der Waals surface area contributed by atoms with E-state index in [9.17, 15) is 4.79 Å². The molecule has 0 spiro atoms. The van der Waals surface area contributed by atoms with Crippen molar-refractivity contribution in [2.45, 2.75) is 24.8 Å². The molecule has 20 heavy (non-hydrogen) atoms. The Morgan fingerprint density at radius 3 is 2.90 bits per heavy atom. The number of aryl methyl sites for hydroxylation is 1. The first-order chi connectivity index (χ1) is 9.66. The van der Waals surface area contributed by atoms with Crippen molar-refractivity contribution < 1.29 is 4.79 Å². The van der Waals surface area contributed by atoms with E-state index >= 15 is 0 Å². The van der Waals surface area contributed by atoms with Gasteiger partial charge in [-0.1, -0.05) is 30.3 Å². The second-order valence-electron chi connectivity index (χ2n) is 5.04. The lowest BCUT2D eigenvalue weighted by atomic mass is 10.1. The monoisotopic (exact) mass is 286 g/mol. The number of halogens is 1. The van der Waals surface area contributed by atoms with Gasteiger partial charge in [0, 0.05) is 6.20 Å². The lowest BCUT2D eigenvalue weighted by Crippen LogP contribution is -2.32. The van der Waals surface area contributed by atoms with E-state index in [0.717, 1.165) is 17.5 Å². The maximum absolute atomic E-state index is 12.3. The molecule has 1 N–H and O–H groups in total. The van der Waals surface area contributed by atoms with Crippen molar-refractivity contribution in [2.75, 3.05) is 0 Å². The van der Waals surface area contributed by atoms with E-state index in [-0.39, 0.29) is 17.3 Å². The van der Waals surface area contributed by atoms with E-state index < -0.39 is 0 Å². The number of fused-ring (bicyclic) bond motifs is 1. The zero-order valence-corrected chi connectivity index (χ0v) is 11.9. The normalized spacial score (nSPS) is 20.5. The minimum absolute atomic E-state index is 0.111. The lowest BCUT2D eigenvalue weighted by Gasteiger charge is -2.17. The van der Waals surface area contributed by atoms with E-state index in [4.69, 9.17) is 11.6 Å². The number of nitrogens with one attached hydrogen (secondary N) is 1. The van der Waals surface area contributed by atoms with Crippen LogP contribution in [0.2, 0.25) is 0 Å². The predicted octanol–water partition coefficient (Wildman–Crippen LogP) is 3.02. The Morgan fingerprint density at radius 1 is 1.30 bits per heavy atom. The highest BCUT2D eigenvalue weighted by Crippen LogP contribution is 2.34. The summed E-state index contributed by atoms with van der Waals surface area (Å²) in [6, 6.07) is 11.6. The van der Waals surface area contributed by atoms with Gasteiger partial charge in [-0.3, -0.25) is 9.78 Å². The summed E-state index contributed by atoms with van der Waals surface area (Å²) in [5, 5.41) is 2.90. The van der Waals surface area contributed by atoms with Crippen LogP contribution in [0.15, 0.2) is 42.6 Å². The first-order valence-electron chi connectivity index (χ1n) is 6.61. The molecule has 1 aromatic carbocycles. The zero-order chi connectivity index (χ0) is 14.1. The molecular formula is C16H15ClN2O. The highest BCUT2D eigenvalue weighted by molar-refractivity contribution is 6.21. The highest BCUT2D eigenvalue weighted by atomic mass is 35.5. The van der Waals surface area contributed by atoms with Gasteiger partial charge in [0.2, 0.25) is 0 Å². The van der Waals surface area contributed by atoms with Gasteiger partial charge in [-0.15, -0.1) is 11.6 Å². The minimum Gasteiger partial charge on any atom is -0.342 e. The average molecular weight is 287 g/mol. The number of pyridine rings is 1. The van der Waals surface area contributed by atoms with E-state index in [1.807, 2.05) is 37.3 Å². The third-order valence-corrected chi connectivity index (χ3v) is 4.08. The van der Waals surface area contributed by atoms with Crippen molar-refractivity contribution in [2.24, 2.45) is 0 Å². The lowest BCUT2D eigenvalue weighted by molar-refractivity contribution is 0.0931. The molecule has 0 fully saturated rings. The number of hydrogen-bond donors (Lipinski definition) is 1. The van der Waals surface area contributed by atoms with Crippen LogP contribution in [0.25, 0.3) is 0 Å². The fourth-order valence-electron chi connectivity index (χ4n) is 2.65. The SMILES string of the molecule is Cc1cccnc1C(=O)NC1c2ccccc2CC1Cl. The molecule has 4 heteroatoms. The van der Waals surface area contributed by atoms with E-state index in [1.54, 1.807) is 6.20 Å². The molecule has 3 nitrogen and oxygen atoms in total. The summed E-state index contributed by atoms with van der Waals surface area (Å²) < 4.78 is 0. The summed E-state index contributed by atoms with van der Waals surface area (Å²) in [6.45, 7) is 1.88. The van der Waals surface area contributed by atoms with Gasteiger partial charge in [-0.05, 0) is 36.1 Å². The number of carbonyl (C=O) groups excluding carboxylic acids is 1. The summed E-state index contributed by atoms with van der Waals surface area (Å²) in [4.78, 5) is 16.5. The zero-order valence-electron chi connectivity index (χ0n) is 11.1. The molecule has 2 aromatic rings. The van der Waals surface area contributed by atoms with Crippen molar-refractivity contribution in [3.8, 4) is 0 Å². The van der Waals surface area contributed by atoms with E-state index in [1.165, 1.54) is 5.56 Å². The van der Waals surface area contributed by atoms with Gasteiger partial charge in [-0.2, -0.15) is 0 Å². The molecule has 1 aliphatic carbocycles. The molecule has 1 aromatic heterocycles. The van der Waals surface area contributed by atoms with Crippen LogP contribution in [0.4, 0.5) is 0 Å².